The molecule has 5 heteroatoms. The van der Waals surface area contributed by atoms with Gasteiger partial charge < -0.3 is 15.2 Å². The molecule has 0 radical (unpaired) electrons. The van der Waals surface area contributed by atoms with E-state index in [1.165, 1.54) is 0 Å². The molecule has 1 heterocycles. The number of anilines is 2. The van der Waals surface area contributed by atoms with Crippen LogP contribution in [0.1, 0.15) is 32.2 Å². The molecule has 1 aromatic heterocycles. The zero-order chi connectivity index (χ0) is 14.0. The fourth-order valence-electron chi connectivity index (χ4n) is 1.79. The standard InChI is InChI=1S/C14H20N4O/c1-5-18(4)13-16-12(19-17-13)14(2,3)10-6-8-11(15)9-7-10/h6-9H,5,15H2,1-4H3. The topological polar surface area (TPSA) is 68.2 Å². The van der Waals surface area contributed by atoms with Crippen molar-refractivity contribution < 1.29 is 4.52 Å². The van der Waals surface area contributed by atoms with Crippen molar-refractivity contribution >= 4 is 11.6 Å². The molecule has 5 nitrogen and oxygen atoms in total. The van der Waals surface area contributed by atoms with E-state index in [1.54, 1.807) is 0 Å². The van der Waals surface area contributed by atoms with Crippen LogP contribution in [-0.2, 0) is 5.41 Å². The average Bonchev–Trinajstić information content (AvgIpc) is 2.88. The molecule has 0 atom stereocenters. The lowest BCUT2D eigenvalue weighted by molar-refractivity contribution is 0.332. The van der Waals surface area contributed by atoms with Gasteiger partial charge in [0.2, 0.25) is 5.89 Å². The molecule has 19 heavy (non-hydrogen) atoms. The third-order valence-electron chi connectivity index (χ3n) is 3.40. The Bertz CT molecular complexity index is 545. The van der Waals surface area contributed by atoms with E-state index in [0.717, 1.165) is 17.8 Å². The van der Waals surface area contributed by atoms with E-state index in [9.17, 15) is 0 Å². The van der Waals surface area contributed by atoms with E-state index in [4.69, 9.17) is 10.3 Å². The predicted octanol–water partition coefficient (Wildman–Crippen LogP) is 2.43. The van der Waals surface area contributed by atoms with Crippen molar-refractivity contribution in [1.29, 1.82) is 0 Å². The van der Waals surface area contributed by atoms with Gasteiger partial charge in [-0.05, 0) is 43.6 Å². The summed E-state index contributed by atoms with van der Waals surface area (Å²) in [6, 6.07) is 7.74. The highest BCUT2D eigenvalue weighted by Crippen LogP contribution is 2.31. The van der Waals surface area contributed by atoms with Gasteiger partial charge in [-0.15, -0.1) is 0 Å². The molecule has 0 fully saturated rings. The van der Waals surface area contributed by atoms with Crippen LogP contribution in [0.3, 0.4) is 0 Å². The maximum absolute atomic E-state index is 5.71. The lowest BCUT2D eigenvalue weighted by atomic mass is 9.84. The van der Waals surface area contributed by atoms with Crippen LogP contribution in [0.2, 0.25) is 0 Å². The van der Waals surface area contributed by atoms with Crippen molar-refractivity contribution in [3.63, 3.8) is 0 Å². The smallest absolute Gasteiger partial charge is 0.265 e. The van der Waals surface area contributed by atoms with Crippen molar-refractivity contribution in [2.75, 3.05) is 24.2 Å². The summed E-state index contributed by atoms with van der Waals surface area (Å²) in [6.45, 7) is 6.99. The molecule has 2 N–H and O–H groups in total. The van der Waals surface area contributed by atoms with Crippen molar-refractivity contribution in [1.82, 2.24) is 10.1 Å². The SMILES string of the molecule is CCN(C)c1noc(C(C)(C)c2ccc(N)cc2)n1. The van der Waals surface area contributed by atoms with Gasteiger partial charge in [0.05, 0.1) is 5.41 Å². The van der Waals surface area contributed by atoms with Crippen LogP contribution in [0.25, 0.3) is 0 Å². The Hall–Kier alpha value is -2.04. The molecule has 0 unspecified atom stereocenters. The number of aromatic nitrogens is 2. The molecule has 0 aliphatic carbocycles. The minimum absolute atomic E-state index is 0.340. The normalized spacial score (nSPS) is 11.6. The Labute approximate surface area is 113 Å². The van der Waals surface area contributed by atoms with Crippen molar-refractivity contribution in [2.45, 2.75) is 26.2 Å². The van der Waals surface area contributed by atoms with Gasteiger partial charge in [0.25, 0.3) is 5.95 Å². The van der Waals surface area contributed by atoms with Gasteiger partial charge in [-0.2, -0.15) is 4.98 Å². The molecule has 2 aromatic rings. The highest BCUT2D eigenvalue weighted by molar-refractivity contribution is 5.43. The minimum atomic E-state index is -0.340. The molecule has 0 saturated carbocycles. The number of nitrogens with two attached hydrogens (primary N) is 1. The lowest BCUT2D eigenvalue weighted by Crippen LogP contribution is -2.21. The first kappa shape index (κ1) is 13.4. The van der Waals surface area contributed by atoms with Gasteiger partial charge in [0, 0.05) is 19.3 Å². The molecule has 0 bridgehead atoms. The summed E-state index contributed by atoms with van der Waals surface area (Å²) >= 11 is 0. The number of nitrogen functional groups attached to an aromatic ring is 1. The van der Waals surface area contributed by atoms with Crippen LogP contribution in [-0.4, -0.2) is 23.7 Å². The Morgan fingerprint density at radius 1 is 1.26 bits per heavy atom. The number of hydrogen-bond donors (Lipinski definition) is 1. The lowest BCUT2D eigenvalue weighted by Gasteiger charge is -2.20. The molecular formula is C14H20N4O. The van der Waals surface area contributed by atoms with Crippen LogP contribution in [0.5, 0.6) is 0 Å². The van der Waals surface area contributed by atoms with E-state index in [0.29, 0.717) is 11.8 Å². The summed E-state index contributed by atoms with van der Waals surface area (Å²) in [5.74, 6) is 1.22. The second-order valence-corrected chi connectivity index (χ2v) is 5.16. The van der Waals surface area contributed by atoms with Crippen LogP contribution in [0.15, 0.2) is 28.8 Å². The largest absolute Gasteiger partial charge is 0.399 e. The highest BCUT2D eigenvalue weighted by Gasteiger charge is 2.30. The van der Waals surface area contributed by atoms with Gasteiger partial charge in [-0.3, -0.25) is 0 Å². The van der Waals surface area contributed by atoms with Gasteiger partial charge in [-0.25, -0.2) is 0 Å². The Morgan fingerprint density at radius 2 is 1.89 bits per heavy atom. The summed E-state index contributed by atoms with van der Waals surface area (Å²) in [6.07, 6.45) is 0. The molecule has 0 spiro atoms. The van der Waals surface area contributed by atoms with Crippen LogP contribution in [0.4, 0.5) is 11.6 Å². The molecule has 0 saturated heterocycles. The highest BCUT2D eigenvalue weighted by atomic mass is 16.5. The van der Waals surface area contributed by atoms with Gasteiger partial charge in [0.15, 0.2) is 0 Å². The molecule has 2 rings (SSSR count). The van der Waals surface area contributed by atoms with Crippen LogP contribution in [0, 0.1) is 0 Å². The molecule has 1 aromatic carbocycles. The number of rotatable bonds is 4. The molecule has 0 aliphatic heterocycles. The van der Waals surface area contributed by atoms with Crippen LogP contribution < -0.4 is 10.6 Å². The Kier molecular flexibility index (Phi) is 3.46. The second-order valence-electron chi connectivity index (χ2n) is 5.16. The first-order chi connectivity index (χ1) is 8.95. The third kappa shape index (κ3) is 2.54. The van der Waals surface area contributed by atoms with Gasteiger partial charge in [-0.1, -0.05) is 12.1 Å². The van der Waals surface area contributed by atoms with Gasteiger partial charge >= 0.3 is 0 Å². The molecular weight excluding hydrogens is 240 g/mol. The maximum atomic E-state index is 5.71. The van der Waals surface area contributed by atoms with E-state index in [1.807, 2.05) is 43.1 Å². The van der Waals surface area contributed by atoms with E-state index >= 15 is 0 Å². The summed E-state index contributed by atoms with van der Waals surface area (Å²) in [5.41, 5.74) is 7.21. The van der Waals surface area contributed by atoms with Crippen molar-refractivity contribution in [2.24, 2.45) is 0 Å². The first-order valence-electron chi connectivity index (χ1n) is 6.36. The first-order valence-corrected chi connectivity index (χ1v) is 6.36. The minimum Gasteiger partial charge on any atom is -0.399 e. The Balaban J connectivity index is 2.33. The predicted molar refractivity (Wildman–Crippen MR) is 76.2 cm³/mol. The quantitative estimate of drug-likeness (QED) is 0.855. The molecule has 0 aliphatic rings. The Morgan fingerprint density at radius 3 is 2.47 bits per heavy atom. The van der Waals surface area contributed by atoms with E-state index < -0.39 is 0 Å². The zero-order valence-corrected chi connectivity index (χ0v) is 11.8. The number of hydrogen-bond acceptors (Lipinski definition) is 5. The fourth-order valence-corrected chi connectivity index (χ4v) is 1.79. The molecule has 0 amide bonds. The molecule has 102 valence electrons. The van der Waals surface area contributed by atoms with E-state index in [2.05, 4.69) is 24.0 Å². The van der Waals surface area contributed by atoms with E-state index in [-0.39, 0.29) is 5.41 Å². The summed E-state index contributed by atoms with van der Waals surface area (Å²) in [7, 11) is 1.94. The maximum Gasteiger partial charge on any atom is 0.265 e. The van der Waals surface area contributed by atoms with Crippen LogP contribution >= 0.6 is 0 Å². The van der Waals surface area contributed by atoms with Crippen molar-refractivity contribution in [3.05, 3.63) is 35.7 Å². The average molecular weight is 260 g/mol. The van der Waals surface area contributed by atoms with Crippen molar-refractivity contribution in [3.8, 4) is 0 Å². The summed E-state index contributed by atoms with van der Waals surface area (Å²) in [4.78, 5) is 6.40. The summed E-state index contributed by atoms with van der Waals surface area (Å²) in [5, 5.41) is 4.01. The fraction of sp³-hybridized carbons (Fsp3) is 0.429. The zero-order valence-electron chi connectivity index (χ0n) is 11.8. The number of benzene rings is 1. The monoisotopic (exact) mass is 260 g/mol. The number of nitrogens with zero attached hydrogens (tertiary/aromatic N) is 3. The third-order valence-corrected chi connectivity index (χ3v) is 3.40. The summed E-state index contributed by atoms with van der Waals surface area (Å²) < 4.78 is 5.40. The second kappa shape index (κ2) is 4.91. The van der Waals surface area contributed by atoms with Gasteiger partial charge in [0.1, 0.15) is 0 Å².